The van der Waals surface area contributed by atoms with Gasteiger partial charge in [0.2, 0.25) is 0 Å². The monoisotopic (exact) mass is 538 g/mol. The molecule has 1 N–H and O–H groups in total. The van der Waals surface area contributed by atoms with E-state index in [-0.39, 0.29) is 0 Å². The van der Waals surface area contributed by atoms with Crippen molar-refractivity contribution >= 4 is 54.5 Å². The third kappa shape index (κ3) is 3.40. The zero-order valence-corrected chi connectivity index (χ0v) is 22.4. The number of hydrogen-bond donors (Lipinski definition) is 1. The van der Waals surface area contributed by atoms with Crippen molar-refractivity contribution in [2.45, 2.75) is 0 Å². The van der Waals surface area contributed by atoms with Crippen LogP contribution in [0.25, 0.3) is 88.7 Å². The molecule has 5 nitrogen and oxygen atoms in total. The van der Waals surface area contributed by atoms with E-state index >= 15 is 0 Å². The lowest BCUT2D eigenvalue weighted by Gasteiger charge is -2.08. The molecule has 0 fully saturated rings. The number of furan rings is 1. The molecule has 42 heavy (non-hydrogen) atoms. The second-order valence-electron chi connectivity index (χ2n) is 10.5. The van der Waals surface area contributed by atoms with Gasteiger partial charge >= 0.3 is 0 Å². The molecule has 0 saturated heterocycles. The summed E-state index contributed by atoms with van der Waals surface area (Å²) in [6.45, 7) is 0. The lowest BCUT2D eigenvalue weighted by molar-refractivity contribution is 0.673. The van der Waals surface area contributed by atoms with Gasteiger partial charge in [0.1, 0.15) is 11.2 Å². The maximum absolute atomic E-state index is 6.45. The fourth-order valence-electron chi connectivity index (χ4n) is 6.12. The zero-order valence-electron chi connectivity index (χ0n) is 22.4. The highest BCUT2D eigenvalue weighted by atomic mass is 16.3. The molecule has 0 saturated carbocycles. The summed E-state index contributed by atoms with van der Waals surface area (Å²) < 4.78 is 6.45. The van der Waals surface area contributed by atoms with Crippen LogP contribution in [0.15, 0.2) is 132 Å². The number of para-hydroxylation sites is 1. The summed E-state index contributed by atoms with van der Waals surface area (Å²) in [6, 6.07) is 43.3. The predicted octanol–water partition coefficient (Wildman–Crippen LogP) is 9.56. The van der Waals surface area contributed by atoms with Crippen LogP contribution >= 0.6 is 0 Å². The van der Waals surface area contributed by atoms with Gasteiger partial charge in [-0.3, -0.25) is 0 Å². The molecule has 0 radical (unpaired) electrons. The first kappa shape index (κ1) is 22.9. The minimum atomic E-state index is 0.632. The summed E-state index contributed by atoms with van der Waals surface area (Å²) in [7, 11) is 0. The minimum Gasteiger partial charge on any atom is -0.455 e. The van der Waals surface area contributed by atoms with E-state index in [1.807, 2.05) is 72.8 Å². The first-order chi connectivity index (χ1) is 20.8. The van der Waals surface area contributed by atoms with Crippen LogP contribution in [0.4, 0.5) is 0 Å². The first-order valence-electron chi connectivity index (χ1n) is 14.0. The smallest absolute Gasteiger partial charge is 0.164 e. The van der Waals surface area contributed by atoms with E-state index in [4.69, 9.17) is 19.4 Å². The average Bonchev–Trinajstić information content (AvgIpc) is 3.64. The Morgan fingerprint density at radius 2 is 1.02 bits per heavy atom. The van der Waals surface area contributed by atoms with E-state index in [1.165, 1.54) is 5.39 Å². The molecular weight excluding hydrogens is 516 g/mol. The summed E-state index contributed by atoms with van der Waals surface area (Å²) >= 11 is 0. The van der Waals surface area contributed by atoms with Crippen molar-refractivity contribution in [2.24, 2.45) is 0 Å². The number of H-pyrrole nitrogens is 1. The molecule has 0 atom stereocenters. The van der Waals surface area contributed by atoms with E-state index in [9.17, 15) is 0 Å². The van der Waals surface area contributed by atoms with E-state index in [1.54, 1.807) is 0 Å². The fraction of sp³-hybridized carbons (Fsp3) is 0. The molecule has 6 aromatic carbocycles. The highest BCUT2D eigenvalue weighted by Crippen LogP contribution is 2.44. The topological polar surface area (TPSA) is 67.6 Å². The Balaban J connectivity index is 1.32. The number of hydrogen-bond acceptors (Lipinski definition) is 4. The number of fused-ring (bicyclic) bond motifs is 10. The maximum Gasteiger partial charge on any atom is 0.164 e. The van der Waals surface area contributed by atoms with Gasteiger partial charge in [-0.2, -0.15) is 0 Å². The van der Waals surface area contributed by atoms with Crippen molar-refractivity contribution < 1.29 is 4.42 Å². The molecule has 0 spiro atoms. The Morgan fingerprint density at radius 1 is 0.452 bits per heavy atom. The van der Waals surface area contributed by atoms with Gasteiger partial charge in [0.05, 0.1) is 5.52 Å². The molecule has 0 aliphatic heterocycles. The number of aromatic amines is 1. The molecule has 196 valence electrons. The quantitative estimate of drug-likeness (QED) is 0.243. The molecule has 5 heteroatoms. The predicted molar refractivity (Wildman–Crippen MR) is 170 cm³/mol. The third-order valence-electron chi connectivity index (χ3n) is 8.04. The van der Waals surface area contributed by atoms with Crippen molar-refractivity contribution in [1.82, 2.24) is 19.9 Å². The van der Waals surface area contributed by atoms with E-state index in [2.05, 4.69) is 59.6 Å². The number of nitrogens with one attached hydrogen (secondary N) is 1. The second kappa shape index (κ2) is 8.85. The number of benzene rings is 6. The van der Waals surface area contributed by atoms with Crippen LogP contribution in [0, 0.1) is 0 Å². The lowest BCUT2D eigenvalue weighted by atomic mass is 9.99. The Kier molecular flexibility index (Phi) is 4.83. The third-order valence-corrected chi connectivity index (χ3v) is 8.04. The van der Waals surface area contributed by atoms with Crippen LogP contribution in [-0.4, -0.2) is 19.9 Å². The average molecular weight is 539 g/mol. The molecule has 3 heterocycles. The zero-order chi connectivity index (χ0) is 27.6. The van der Waals surface area contributed by atoms with Gasteiger partial charge in [-0.25, -0.2) is 15.0 Å². The molecule has 3 aromatic heterocycles. The standard InChI is InChI=1S/C37H22N4O/c1-3-11-22(12-4-1)35-39-36(23-13-5-2-6-14-23)41-37(40-35)24-19-20-27-29(21-24)38-33-25-15-7-8-16-26(25)34-32(31(27)33)28-17-9-10-18-30(28)42-34/h1-21,38H. The Morgan fingerprint density at radius 3 is 1.71 bits per heavy atom. The van der Waals surface area contributed by atoms with Gasteiger partial charge in [-0.05, 0) is 12.1 Å². The maximum atomic E-state index is 6.45. The highest BCUT2D eigenvalue weighted by molar-refractivity contribution is 6.35. The molecule has 0 aliphatic carbocycles. The first-order valence-corrected chi connectivity index (χ1v) is 14.0. The van der Waals surface area contributed by atoms with Crippen LogP contribution < -0.4 is 0 Å². The Labute approximate surface area is 240 Å². The van der Waals surface area contributed by atoms with Crippen molar-refractivity contribution in [2.75, 3.05) is 0 Å². The van der Waals surface area contributed by atoms with Crippen LogP contribution in [0.5, 0.6) is 0 Å². The largest absolute Gasteiger partial charge is 0.455 e. The number of rotatable bonds is 3. The SMILES string of the molecule is c1ccc(-c2nc(-c3ccccc3)nc(-c3ccc4c(c3)[nH]c3c5ccccc5c5oc6ccccc6c5c43)n2)cc1. The molecular formula is C37H22N4O. The number of aromatic nitrogens is 4. The summed E-state index contributed by atoms with van der Waals surface area (Å²) in [5, 5.41) is 6.79. The van der Waals surface area contributed by atoms with Crippen LogP contribution in [0.3, 0.4) is 0 Å². The van der Waals surface area contributed by atoms with E-state index in [0.29, 0.717) is 17.5 Å². The Hall–Kier alpha value is -5.81. The van der Waals surface area contributed by atoms with Gasteiger partial charge in [-0.1, -0.05) is 115 Å². The van der Waals surface area contributed by atoms with Gasteiger partial charge in [0.25, 0.3) is 0 Å². The summed E-state index contributed by atoms with van der Waals surface area (Å²) in [4.78, 5) is 18.5. The van der Waals surface area contributed by atoms with Crippen molar-refractivity contribution in [1.29, 1.82) is 0 Å². The van der Waals surface area contributed by atoms with Crippen molar-refractivity contribution in [3.05, 3.63) is 127 Å². The lowest BCUT2D eigenvalue weighted by Crippen LogP contribution is -2.00. The fourth-order valence-corrected chi connectivity index (χ4v) is 6.12. The van der Waals surface area contributed by atoms with Gasteiger partial charge in [0.15, 0.2) is 17.5 Å². The van der Waals surface area contributed by atoms with Crippen molar-refractivity contribution in [3.8, 4) is 34.2 Å². The molecule has 0 bridgehead atoms. The highest BCUT2D eigenvalue weighted by Gasteiger charge is 2.20. The van der Waals surface area contributed by atoms with E-state index in [0.717, 1.165) is 65.8 Å². The molecule has 0 aliphatic rings. The second-order valence-corrected chi connectivity index (χ2v) is 10.5. The summed E-state index contributed by atoms with van der Waals surface area (Å²) in [5.74, 6) is 1.93. The normalized spacial score (nSPS) is 11.8. The summed E-state index contributed by atoms with van der Waals surface area (Å²) in [5.41, 5.74) is 6.75. The van der Waals surface area contributed by atoms with E-state index < -0.39 is 0 Å². The van der Waals surface area contributed by atoms with Crippen molar-refractivity contribution in [3.63, 3.8) is 0 Å². The number of nitrogens with zero attached hydrogens (tertiary/aromatic N) is 3. The molecule has 9 rings (SSSR count). The molecule has 9 aromatic rings. The van der Waals surface area contributed by atoms with Gasteiger partial charge in [-0.15, -0.1) is 0 Å². The van der Waals surface area contributed by atoms with Gasteiger partial charge < -0.3 is 9.40 Å². The minimum absolute atomic E-state index is 0.632. The molecule has 0 unspecified atom stereocenters. The van der Waals surface area contributed by atoms with Gasteiger partial charge in [0, 0.05) is 54.5 Å². The Bertz CT molecular complexity index is 2400. The van der Waals surface area contributed by atoms with Crippen LogP contribution in [0.1, 0.15) is 0 Å². The summed E-state index contributed by atoms with van der Waals surface area (Å²) in [6.07, 6.45) is 0. The van der Waals surface area contributed by atoms with Crippen LogP contribution in [0.2, 0.25) is 0 Å². The molecule has 0 amide bonds. The van der Waals surface area contributed by atoms with Crippen LogP contribution in [-0.2, 0) is 0 Å².